The van der Waals surface area contributed by atoms with Gasteiger partial charge in [0, 0.05) is 35.3 Å². The molecule has 122 valence electrons. The van der Waals surface area contributed by atoms with Crippen molar-refractivity contribution in [1.82, 2.24) is 9.97 Å². The van der Waals surface area contributed by atoms with E-state index in [-0.39, 0.29) is 29.6 Å². The van der Waals surface area contributed by atoms with Crippen LogP contribution in [0.1, 0.15) is 67.9 Å². The van der Waals surface area contributed by atoms with Crippen molar-refractivity contribution in [3.63, 3.8) is 0 Å². The Balaban J connectivity index is 1.97. The molecule has 1 aromatic heterocycles. The number of allylic oxidation sites excluding steroid dienone is 4. The van der Waals surface area contributed by atoms with Crippen molar-refractivity contribution >= 4 is 17.4 Å². The second-order valence-corrected chi connectivity index (χ2v) is 6.80. The van der Waals surface area contributed by atoms with Crippen molar-refractivity contribution < 1.29 is 4.79 Å². The van der Waals surface area contributed by atoms with Gasteiger partial charge in [-0.15, -0.1) is 0 Å². The molecule has 2 atom stereocenters. The summed E-state index contributed by atoms with van der Waals surface area (Å²) in [6.07, 6.45) is 10.2. The molecule has 2 unspecified atom stereocenters. The Hall–Kier alpha value is -1.68. The van der Waals surface area contributed by atoms with E-state index in [9.17, 15) is 9.59 Å². The zero-order chi connectivity index (χ0) is 16.4. The topological polar surface area (TPSA) is 62.8 Å². The van der Waals surface area contributed by atoms with Gasteiger partial charge in [-0.2, -0.15) is 0 Å². The van der Waals surface area contributed by atoms with Crippen molar-refractivity contribution in [3.8, 4) is 0 Å². The first kappa shape index (κ1) is 16.2. The maximum Gasteiger partial charge on any atom is 0.254 e. The molecule has 0 bridgehead atoms. The van der Waals surface area contributed by atoms with E-state index in [0.29, 0.717) is 22.8 Å². The van der Waals surface area contributed by atoms with E-state index in [2.05, 4.69) is 11.9 Å². The quantitative estimate of drug-likeness (QED) is 0.913. The molecule has 0 fully saturated rings. The molecule has 0 amide bonds. The highest BCUT2D eigenvalue weighted by Gasteiger charge is 2.29. The minimum Gasteiger partial charge on any atom is -0.310 e. The number of carbonyl (C=O) groups is 1. The number of unbranched alkanes of at least 4 members (excludes halogenated alkanes) is 1. The number of fused-ring (bicyclic) bond motifs is 1. The molecule has 23 heavy (non-hydrogen) atoms. The predicted molar refractivity (Wildman–Crippen MR) is 90.9 cm³/mol. The average Bonchev–Trinajstić information content (AvgIpc) is 2.54. The third-order valence-electron chi connectivity index (χ3n) is 4.61. The van der Waals surface area contributed by atoms with Gasteiger partial charge in [-0.05, 0) is 18.9 Å². The number of aromatic amines is 1. The molecule has 0 saturated carbocycles. The van der Waals surface area contributed by atoms with Gasteiger partial charge in [0.25, 0.3) is 5.56 Å². The number of hydrogen-bond acceptors (Lipinski definition) is 3. The largest absolute Gasteiger partial charge is 0.310 e. The number of hydrogen-bond donors (Lipinski definition) is 1. The molecule has 0 aliphatic heterocycles. The molecule has 1 heterocycles. The van der Waals surface area contributed by atoms with Gasteiger partial charge in [-0.3, -0.25) is 9.59 Å². The maximum absolute atomic E-state index is 12.4. The van der Waals surface area contributed by atoms with Gasteiger partial charge < -0.3 is 4.98 Å². The van der Waals surface area contributed by atoms with Crippen LogP contribution in [0.2, 0.25) is 0 Å². The van der Waals surface area contributed by atoms with E-state index in [4.69, 9.17) is 16.6 Å². The number of H-pyrrole nitrogens is 1. The zero-order valence-electron chi connectivity index (χ0n) is 13.3. The van der Waals surface area contributed by atoms with Crippen molar-refractivity contribution in [2.45, 2.75) is 57.3 Å². The molecule has 0 saturated heterocycles. The molecule has 4 nitrogen and oxygen atoms in total. The predicted octanol–water partition coefficient (Wildman–Crippen LogP) is 3.73. The highest BCUT2D eigenvalue weighted by molar-refractivity contribution is 6.31. The number of halogens is 1. The lowest BCUT2D eigenvalue weighted by atomic mass is 9.83. The lowest BCUT2D eigenvalue weighted by molar-refractivity contribution is -0.119. The Morgan fingerprint density at radius 1 is 1.39 bits per heavy atom. The molecule has 2 aliphatic rings. The summed E-state index contributed by atoms with van der Waals surface area (Å²) in [5, 5.41) is 0.716. The fourth-order valence-electron chi connectivity index (χ4n) is 3.34. The van der Waals surface area contributed by atoms with Crippen LogP contribution in [0.25, 0.3) is 0 Å². The summed E-state index contributed by atoms with van der Waals surface area (Å²) in [5.41, 5.74) is 1.25. The van der Waals surface area contributed by atoms with Gasteiger partial charge in [-0.1, -0.05) is 43.5 Å². The molecule has 3 rings (SSSR count). The van der Waals surface area contributed by atoms with Crippen LogP contribution in [0.3, 0.4) is 0 Å². The third-order valence-corrected chi connectivity index (χ3v) is 4.89. The normalized spacial score (nSPS) is 23.6. The van der Waals surface area contributed by atoms with E-state index in [1.807, 2.05) is 18.2 Å². The minimum absolute atomic E-state index is 0.0416. The first-order chi connectivity index (χ1) is 11.1. The van der Waals surface area contributed by atoms with Crippen LogP contribution in [-0.4, -0.2) is 15.8 Å². The molecular formula is C18H21ClN2O2. The molecule has 5 heteroatoms. The minimum atomic E-state index is -0.159. The first-order valence-electron chi connectivity index (χ1n) is 8.27. The summed E-state index contributed by atoms with van der Waals surface area (Å²) in [6.45, 7) is 2.13. The smallest absolute Gasteiger partial charge is 0.254 e. The molecular weight excluding hydrogens is 312 g/mol. The Labute approximate surface area is 140 Å². The number of carbonyl (C=O) groups excluding carboxylic acids is 1. The lowest BCUT2D eigenvalue weighted by Gasteiger charge is -2.24. The monoisotopic (exact) mass is 332 g/mol. The van der Waals surface area contributed by atoms with Crippen LogP contribution < -0.4 is 5.56 Å². The second-order valence-electron chi connectivity index (χ2n) is 6.36. The lowest BCUT2D eigenvalue weighted by Crippen LogP contribution is -2.30. The average molecular weight is 333 g/mol. The van der Waals surface area contributed by atoms with Crippen molar-refractivity contribution in [1.29, 1.82) is 0 Å². The zero-order valence-corrected chi connectivity index (χ0v) is 14.0. The van der Waals surface area contributed by atoms with E-state index < -0.39 is 0 Å². The Morgan fingerprint density at radius 3 is 2.91 bits per heavy atom. The fraction of sp³-hybridized carbons (Fsp3) is 0.500. The summed E-state index contributed by atoms with van der Waals surface area (Å²) in [6, 6.07) is 0. The number of rotatable bonds is 4. The van der Waals surface area contributed by atoms with Gasteiger partial charge in [0.15, 0.2) is 0 Å². The van der Waals surface area contributed by atoms with Crippen LogP contribution in [0.4, 0.5) is 0 Å². The standard InChI is InChI=1S/C18H21ClN2O2/c1-2-3-4-12-9-14(22)10-15-16(12)20-17(21-18(15)23)11-5-7-13(19)8-6-11/h5,7-8,11-12H,2-4,6,9-10H2,1H3,(H,20,21,23). The van der Waals surface area contributed by atoms with Gasteiger partial charge in [0.2, 0.25) is 0 Å². The molecule has 2 aliphatic carbocycles. The summed E-state index contributed by atoms with van der Waals surface area (Å²) in [5.74, 6) is 0.950. The Kier molecular flexibility index (Phi) is 4.81. The summed E-state index contributed by atoms with van der Waals surface area (Å²) >= 11 is 5.96. The van der Waals surface area contributed by atoms with E-state index in [1.54, 1.807) is 0 Å². The molecule has 0 spiro atoms. The molecule has 0 aromatic carbocycles. The van der Waals surface area contributed by atoms with Gasteiger partial charge in [-0.25, -0.2) is 4.98 Å². The van der Waals surface area contributed by atoms with E-state index in [1.165, 1.54) is 0 Å². The highest BCUT2D eigenvalue weighted by atomic mass is 35.5. The summed E-state index contributed by atoms with van der Waals surface area (Å²) < 4.78 is 0. The van der Waals surface area contributed by atoms with Gasteiger partial charge in [0.1, 0.15) is 11.6 Å². The number of aromatic nitrogens is 2. The Morgan fingerprint density at radius 2 is 2.22 bits per heavy atom. The Bertz CT molecular complexity index is 733. The number of nitrogens with one attached hydrogen (secondary N) is 1. The summed E-state index contributed by atoms with van der Waals surface area (Å²) in [4.78, 5) is 32.0. The fourth-order valence-corrected chi connectivity index (χ4v) is 3.51. The molecule has 0 radical (unpaired) electrons. The van der Waals surface area contributed by atoms with Crippen LogP contribution in [0, 0.1) is 0 Å². The van der Waals surface area contributed by atoms with E-state index in [0.717, 1.165) is 31.4 Å². The second kappa shape index (κ2) is 6.83. The highest BCUT2D eigenvalue weighted by Crippen LogP contribution is 2.32. The van der Waals surface area contributed by atoms with Crippen molar-refractivity contribution in [2.24, 2.45) is 0 Å². The van der Waals surface area contributed by atoms with Crippen LogP contribution in [0.15, 0.2) is 28.1 Å². The van der Waals surface area contributed by atoms with Gasteiger partial charge >= 0.3 is 0 Å². The maximum atomic E-state index is 12.4. The van der Waals surface area contributed by atoms with Crippen LogP contribution in [-0.2, 0) is 11.2 Å². The summed E-state index contributed by atoms with van der Waals surface area (Å²) in [7, 11) is 0. The first-order valence-corrected chi connectivity index (χ1v) is 8.64. The van der Waals surface area contributed by atoms with Crippen molar-refractivity contribution in [2.75, 3.05) is 0 Å². The number of Topliss-reactive ketones (excluding diaryl/α,β-unsaturated/α-hetero) is 1. The van der Waals surface area contributed by atoms with Crippen molar-refractivity contribution in [3.05, 3.63) is 50.7 Å². The molecule has 1 N–H and O–H groups in total. The number of ketones is 1. The van der Waals surface area contributed by atoms with Crippen LogP contribution >= 0.6 is 11.6 Å². The molecule has 1 aromatic rings. The number of nitrogens with zero attached hydrogens (tertiary/aromatic N) is 1. The SMILES string of the molecule is CCCCC1CC(=O)Cc2c1nc(C1C=CC(Cl)=CC1)[nH]c2=O. The third kappa shape index (κ3) is 3.47. The van der Waals surface area contributed by atoms with E-state index >= 15 is 0 Å². The van der Waals surface area contributed by atoms with Gasteiger partial charge in [0.05, 0.1) is 5.69 Å². The van der Waals surface area contributed by atoms with Crippen LogP contribution in [0.5, 0.6) is 0 Å².